The van der Waals surface area contributed by atoms with Crippen molar-refractivity contribution in [2.24, 2.45) is 0 Å². The van der Waals surface area contributed by atoms with Crippen LogP contribution in [0.3, 0.4) is 0 Å². The summed E-state index contributed by atoms with van der Waals surface area (Å²) in [5, 5.41) is 12.4. The smallest absolute Gasteiger partial charge is 0.266 e. The zero-order chi connectivity index (χ0) is 20.3. The Morgan fingerprint density at radius 1 is 1.00 bits per heavy atom. The molecule has 0 aliphatic heterocycles. The van der Waals surface area contributed by atoms with Crippen LogP contribution in [0.4, 0.5) is 5.69 Å². The number of nitriles is 1. The molecule has 0 spiro atoms. The molecule has 28 heavy (non-hydrogen) atoms. The maximum Gasteiger partial charge on any atom is 0.266 e. The van der Waals surface area contributed by atoms with Gasteiger partial charge >= 0.3 is 0 Å². The summed E-state index contributed by atoms with van der Waals surface area (Å²) in [5.41, 5.74) is 6.89. The number of anilines is 1. The molecule has 0 radical (unpaired) electrons. The van der Waals surface area contributed by atoms with Gasteiger partial charge in [0.2, 0.25) is 0 Å². The molecule has 140 valence electrons. The SMILES string of the molecule is Cc1ccccc1NC(=O)C(C#N)=Cc1cc(C)n(-c2ccccc2C)c1C. The molecule has 4 nitrogen and oxygen atoms in total. The monoisotopic (exact) mass is 369 g/mol. The number of hydrogen-bond acceptors (Lipinski definition) is 2. The molecule has 1 amide bonds. The minimum atomic E-state index is -0.405. The van der Waals surface area contributed by atoms with Gasteiger partial charge in [0.25, 0.3) is 5.91 Å². The molecule has 3 aromatic rings. The molecule has 0 bridgehead atoms. The number of nitrogens with one attached hydrogen (secondary N) is 1. The lowest BCUT2D eigenvalue weighted by molar-refractivity contribution is -0.112. The molecule has 1 heterocycles. The van der Waals surface area contributed by atoms with E-state index in [-0.39, 0.29) is 5.57 Å². The summed E-state index contributed by atoms with van der Waals surface area (Å²) in [6, 6.07) is 19.7. The van der Waals surface area contributed by atoms with Crippen molar-refractivity contribution in [1.82, 2.24) is 4.57 Å². The van der Waals surface area contributed by atoms with Crippen molar-refractivity contribution in [2.45, 2.75) is 27.7 Å². The lowest BCUT2D eigenvalue weighted by atomic mass is 10.1. The van der Waals surface area contributed by atoms with Crippen molar-refractivity contribution in [1.29, 1.82) is 5.26 Å². The lowest BCUT2D eigenvalue weighted by Crippen LogP contribution is -2.14. The van der Waals surface area contributed by atoms with Gasteiger partial charge in [-0.25, -0.2) is 0 Å². The summed E-state index contributed by atoms with van der Waals surface area (Å²) in [6.07, 6.45) is 1.66. The maximum atomic E-state index is 12.6. The fourth-order valence-corrected chi connectivity index (χ4v) is 3.33. The largest absolute Gasteiger partial charge is 0.321 e. The predicted octanol–water partition coefficient (Wildman–Crippen LogP) is 5.26. The van der Waals surface area contributed by atoms with E-state index < -0.39 is 5.91 Å². The number of amides is 1. The van der Waals surface area contributed by atoms with Crippen molar-refractivity contribution in [3.63, 3.8) is 0 Å². The minimum Gasteiger partial charge on any atom is -0.321 e. The molecule has 0 aliphatic carbocycles. The second kappa shape index (κ2) is 7.98. The average molecular weight is 369 g/mol. The molecule has 0 unspecified atom stereocenters. The topological polar surface area (TPSA) is 57.8 Å². The number of carbonyl (C=O) groups excluding carboxylic acids is 1. The number of nitrogens with zero attached hydrogens (tertiary/aromatic N) is 2. The number of rotatable bonds is 4. The first-order chi connectivity index (χ1) is 13.4. The van der Waals surface area contributed by atoms with Crippen LogP contribution in [0.5, 0.6) is 0 Å². The van der Waals surface area contributed by atoms with E-state index in [1.807, 2.05) is 69.3 Å². The van der Waals surface area contributed by atoms with Crippen molar-refractivity contribution in [3.05, 3.63) is 88.2 Å². The van der Waals surface area contributed by atoms with Crippen LogP contribution in [-0.4, -0.2) is 10.5 Å². The van der Waals surface area contributed by atoms with Gasteiger partial charge in [-0.2, -0.15) is 5.26 Å². The van der Waals surface area contributed by atoms with Gasteiger partial charge in [0.15, 0.2) is 0 Å². The third-order valence-corrected chi connectivity index (χ3v) is 4.88. The first-order valence-corrected chi connectivity index (χ1v) is 9.16. The van der Waals surface area contributed by atoms with Crippen LogP contribution < -0.4 is 5.32 Å². The Labute approximate surface area is 165 Å². The van der Waals surface area contributed by atoms with Gasteiger partial charge in [0.05, 0.1) is 0 Å². The Bertz CT molecular complexity index is 1110. The maximum absolute atomic E-state index is 12.6. The highest BCUT2D eigenvalue weighted by Gasteiger charge is 2.15. The summed E-state index contributed by atoms with van der Waals surface area (Å²) in [6.45, 7) is 8.01. The van der Waals surface area contributed by atoms with Gasteiger partial charge in [-0.3, -0.25) is 4.79 Å². The number of para-hydroxylation sites is 2. The van der Waals surface area contributed by atoms with E-state index in [1.165, 1.54) is 0 Å². The molecule has 1 aromatic heterocycles. The number of carbonyl (C=O) groups is 1. The lowest BCUT2D eigenvalue weighted by Gasteiger charge is -2.12. The quantitative estimate of drug-likeness (QED) is 0.504. The molecule has 2 aromatic carbocycles. The molecular formula is C24H23N3O. The highest BCUT2D eigenvalue weighted by Crippen LogP contribution is 2.25. The van der Waals surface area contributed by atoms with Crippen molar-refractivity contribution < 1.29 is 4.79 Å². The summed E-state index contributed by atoms with van der Waals surface area (Å²) < 4.78 is 2.15. The Balaban J connectivity index is 1.97. The Morgan fingerprint density at radius 3 is 2.29 bits per heavy atom. The molecule has 0 saturated carbocycles. The number of benzene rings is 2. The molecule has 0 atom stereocenters. The third kappa shape index (κ3) is 3.74. The third-order valence-electron chi connectivity index (χ3n) is 4.88. The minimum absolute atomic E-state index is 0.0771. The van der Waals surface area contributed by atoms with Gasteiger partial charge in [-0.1, -0.05) is 36.4 Å². The van der Waals surface area contributed by atoms with Crippen LogP contribution >= 0.6 is 0 Å². The summed E-state index contributed by atoms with van der Waals surface area (Å²) in [5.74, 6) is -0.405. The molecule has 4 heteroatoms. The van der Waals surface area contributed by atoms with E-state index in [1.54, 1.807) is 6.08 Å². The normalized spacial score (nSPS) is 11.2. The first kappa shape index (κ1) is 19.2. The second-order valence-corrected chi connectivity index (χ2v) is 6.89. The van der Waals surface area contributed by atoms with Gasteiger partial charge in [0, 0.05) is 22.8 Å². The molecule has 0 saturated heterocycles. The second-order valence-electron chi connectivity index (χ2n) is 6.89. The van der Waals surface area contributed by atoms with Gasteiger partial charge < -0.3 is 9.88 Å². The van der Waals surface area contributed by atoms with E-state index in [4.69, 9.17) is 0 Å². The summed E-state index contributed by atoms with van der Waals surface area (Å²) >= 11 is 0. The van der Waals surface area contributed by atoms with Crippen LogP contribution in [0.1, 0.15) is 28.1 Å². The van der Waals surface area contributed by atoms with Gasteiger partial charge in [-0.15, -0.1) is 0 Å². The van der Waals surface area contributed by atoms with E-state index in [0.717, 1.165) is 33.8 Å². The molecule has 0 aliphatic rings. The van der Waals surface area contributed by atoms with E-state index in [2.05, 4.69) is 28.9 Å². The van der Waals surface area contributed by atoms with Crippen LogP contribution in [0.15, 0.2) is 60.2 Å². The zero-order valence-corrected chi connectivity index (χ0v) is 16.6. The molecule has 3 rings (SSSR count). The van der Waals surface area contributed by atoms with Crippen molar-refractivity contribution >= 4 is 17.7 Å². The average Bonchev–Trinajstić information content (AvgIpc) is 2.95. The van der Waals surface area contributed by atoms with Crippen LogP contribution in [0.2, 0.25) is 0 Å². The standard InChI is InChI=1S/C24H23N3O/c1-16-9-5-7-11-22(16)26-24(28)21(15-25)14-20-13-18(3)27(19(20)4)23-12-8-6-10-17(23)2/h5-14H,1-4H3,(H,26,28). The van der Waals surface area contributed by atoms with Crippen LogP contribution in [-0.2, 0) is 4.79 Å². The van der Waals surface area contributed by atoms with Gasteiger partial charge in [0.1, 0.15) is 11.6 Å². The fraction of sp³-hybridized carbons (Fsp3) is 0.167. The Morgan fingerprint density at radius 2 is 1.64 bits per heavy atom. The Kier molecular flexibility index (Phi) is 5.47. The molecule has 1 N–H and O–H groups in total. The first-order valence-electron chi connectivity index (χ1n) is 9.16. The summed E-state index contributed by atoms with van der Waals surface area (Å²) in [4.78, 5) is 12.6. The van der Waals surface area contributed by atoms with E-state index in [0.29, 0.717) is 5.69 Å². The number of aryl methyl sites for hydroxylation is 3. The van der Waals surface area contributed by atoms with Crippen molar-refractivity contribution in [3.8, 4) is 11.8 Å². The van der Waals surface area contributed by atoms with Crippen LogP contribution in [0.25, 0.3) is 11.8 Å². The highest BCUT2D eigenvalue weighted by molar-refractivity contribution is 6.10. The van der Waals surface area contributed by atoms with E-state index >= 15 is 0 Å². The highest BCUT2D eigenvalue weighted by atomic mass is 16.1. The number of hydrogen-bond donors (Lipinski definition) is 1. The van der Waals surface area contributed by atoms with Crippen LogP contribution in [0, 0.1) is 39.0 Å². The summed E-state index contributed by atoms with van der Waals surface area (Å²) in [7, 11) is 0. The van der Waals surface area contributed by atoms with Crippen molar-refractivity contribution in [2.75, 3.05) is 5.32 Å². The Hall–Kier alpha value is -3.58. The van der Waals surface area contributed by atoms with E-state index in [9.17, 15) is 10.1 Å². The molecular weight excluding hydrogens is 346 g/mol. The number of aromatic nitrogens is 1. The fourth-order valence-electron chi connectivity index (χ4n) is 3.33. The zero-order valence-electron chi connectivity index (χ0n) is 16.6. The molecule has 0 fully saturated rings. The van der Waals surface area contributed by atoms with Gasteiger partial charge in [-0.05, 0) is 68.7 Å². The predicted molar refractivity (Wildman–Crippen MR) is 113 cm³/mol.